The number of rotatable bonds is 4. The van der Waals surface area contributed by atoms with Crippen LogP contribution in [0.2, 0.25) is 0 Å². The first-order valence-electron chi connectivity index (χ1n) is 6.32. The summed E-state index contributed by atoms with van der Waals surface area (Å²) in [6, 6.07) is 1.16. The highest BCUT2D eigenvalue weighted by Gasteiger charge is 2.27. The van der Waals surface area contributed by atoms with Crippen LogP contribution >= 0.6 is 0 Å². The molecule has 112 valence electrons. The maximum Gasteiger partial charge on any atom is 0.342 e. The highest BCUT2D eigenvalue weighted by atomic mass is 16.6. The van der Waals surface area contributed by atoms with Gasteiger partial charge in [-0.25, -0.2) is 9.78 Å². The molecule has 1 amide bonds. The summed E-state index contributed by atoms with van der Waals surface area (Å²) in [6.07, 6.45) is 2.31. The summed E-state index contributed by atoms with van der Waals surface area (Å²) < 4.78 is 0. The van der Waals surface area contributed by atoms with Crippen LogP contribution in [0.5, 0.6) is 0 Å². The lowest BCUT2D eigenvalue weighted by molar-refractivity contribution is -0.385. The molecule has 9 nitrogen and oxygen atoms in total. The average Bonchev–Trinajstić information content (AvgIpc) is 2.46. The number of piperidine rings is 1. The number of hydrogen-bond donors (Lipinski definition) is 2. The Morgan fingerprint density at radius 2 is 2.24 bits per heavy atom. The Morgan fingerprint density at radius 3 is 2.81 bits per heavy atom. The molecule has 1 aliphatic heterocycles. The molecule has 0 bridgehead atoms. The van der Waals surface area contributed by atoms with Gasteiger partial charge in [-0.3, -0.25) is 14.9 Å². The van der Waals surface area contributed by atoms with Gasteiger partial charge >= 0.3 is 11.7 Å². The van der Waals surface area contributed by atoms with Crippen molar-refractivity contribution >= 4 is 23.4 Å². The van der Waals surface area contributed by atoms with Crippen LogP contribution in [0.3, 0.4) is 0 Å². The van der Waals surface area contributed by atoms with Gasteiger partial charge in [0.1, 0.15) is 17.6 Å². The topological polar surface area (TPSA) is 140 Å². The van der Waals surface area contributed by atoms with E-state index in [0.717, 1.165) is 12.3 Å². The number of hydrogen-bond acceptors (Lipinski definition) is 6. The minimum atomic E-state index is -1.39. The van der Waals surface area contributed by atoms with E-state index in [1.54, 1.807) is 4.90 Å². The number of carboxylic acid groups (broad SMARTS) is 1. The van der Waals surface area contributed by atoms with Crippen LogP contribution in [0.15, 0.2) is 12.3 Å². The summed E-state index contributed by atoms with van der Waals surface area (Å²) in [5.41, 5.74) is 4.29. The van der Waals surface area contributed by atoms with Gasteiger partial charge in [0, 0.05) is 19.2 Å². The molecule has 9 heteroatoms. The standard InChI is InChI=1S/C12H14N4O5/c13-11(17)7-2-1-3-15(6-7)10-4-8(12(18)19)9(5-14-10)16(20)21/h4-5,7H,1-3,6H2,(H2,13,17)(H,18,19). The van der Waals surface area contributed by atoms with Gasteiger partial charge in [0.15, 0.2) is 0 Å². The van der Waals surface area contributed by atoms with E-state index in [4.69, 9.17) is 10.8 Å². The van der Waals surface area contributed by atoms with Crippen molar-refractivity contribution in [2.24, 2.45) is 11.7 Å². The summed E-state index contributed by atoms with van der Waals surface area (Å²) in [7, 11) is 0. The van der Waals surface area contributed by atoms with Gasteiger partial charge in [0.2, 0.25) is 5.91 Å². The van der Waals surface area contributed by atoms with Crippen molar-refractivity contribution in [3.05, 3.63) is 27.9 Å². The van der Waals surface area contributed by atoms with E-state index in [0.29, 0.717) is 31.7 Å². The van der Waals surface area contributed by atoms with Crippen LogP contribution in [-0.2, 0) is 4.79 Å². The molecule has 1 atom stereocenters. The fraction of sp³-hybridized carbons (Fsp3) is 0.417. The Hall–Kier alpha value is -2.71. The summed E-state index contributed by atoms with van der Waals surface area (Å²) >= 11 is 0. The minimum absolute atomic E-state index is 0.295. The molecule has 0 spiro atoms. The molecule has 0 aliphatic carbocycles. The zero-order chi connectivity index (χ0) is 15.6. The Morgan fingerprint density at radius 1 is 1.52 bits per heavy atom. The van der Waals surface area contributed by atoms with Crippen molar-refractivity contribution in [2.45, 2.75) is 12.8 Å². The maximum atomic E-state index is 11.2. The zero-order valence-corrected chi connectivity index (χ0v) is 11.1. The summed E-state index contributed by atoms with van der Waals surface area (Å²) in [5.74, 6) is -1.85. The Bertz CT molecular complexity index is 603. The number of aromatic carboxylic acids is 1. The summed E-state index contributed by atoms with van der Waals surface area (Å²) in [5, 5.41) is 19.8. The minimum Gasteiger partial charge on any atom is -0.477 e. The molecule has 2 rings (SSSR count). The number of nitrogens with two attached hydrogens (primary N) is 1. The smallest absolute Gasteiger partial charge is 0.342 e. The van der Waals surface area contributed by atoms with Crippen molar-refractivity contribution in [3.8, 4) is 0 Å². The van der Waals surface area contributed by atoms with E-state index in [1.165, 1.54) is 0 Å². The third kappa shape index (κ3) is 3.07. The van der Waals surface area contributed by atoms with Crippen molar-refractivity contribution < 1.29 is 19.6 Å². The van der Waals surface area contributed by atoms with Gasteiger partial charge in [0.05, 0.1) is 10.8 Å². The number of primary amides is 1. The number of nitrogens with zero attached hydrogens (tertiary/aromatic N) is 3. The fourth-order valence-electron chi connectivity index (χ4n) is 2.34. The van der Waals surface area contributed by atoms with Crippen molar-refractivity contribution in [1.29, 1.82) is 0 Å². The predicted octanol–water partition coefficient (Wildman–Crippen LogP) is 0.390. The average molecular weight is 294 g/mol. The van der Waals surface area contributed by atoms with Crippen LogP contribution in [0.25, 0.3) is 0 Å². The number of nitro groups is 1. The molecule has 1 saturated heterocycles. The van der Waals surface area contributed by atoms with Crippen LogP contribution < -0.4 is 10.6 Å². The SMILES string of the molecule is NC(=O)C1CCCN(c2cc(C(=O)O)c([N+](=O)[O-])cn2)C1. The molecule has 1 aliphatic rings. The number of pyridine rings is 1. The molecule has 21 heavy (non-hydrogen) atoms. The lowest BCUT2D eigenvalue weighted by Gasteiger charge is -2.32. The molecule has 2 heterocycles. The van der Waals surface area contributed by atoms with Gasteiger partial charge in [0.25, 0.3) is 0 Å². The van der Waals surface area contributed by atoms with Crippen molar-refractivity contribution in [3.63, 3.8) is 0 Å². The Kier molecular flexibility index (Phi) is 4.01. The van der Waals surface area contributed by atoms with E-state index >= 15 is 0 Å². The second-order valence-corrected chi connectivity index (χ2v) is 4.81. The highest BCUT2D eigenvalue weighted by Crippen LogP contribution is 2.26. The normalized spacial score (nSPS) is 18.3. The fourth-order valence-corrected chi connectivity index (χ4v) is 2.34. The van der Waals surface area contributed by atoms with Gasteiger partial charge in [-0.2, -0.15) is 0 Å². The zero-order valence-electron chi connectivity index (χ0n) is 11.1. The number of amides is 1. The first-order valence-corrected chi connectivity index (χ1v) is 6.32. The molecular formula is C12H14N4O5. The molecule has 3 N–H and O–H groups in total. The maximum absolute atomic E-state index is 11.2. The summed E-state index contributed by atoms with van der Waals surface area (Å²) in [4.78, 5) is 38.0. The quantitative estimate of drug-likeness (QED) is 0.604. The van der Waals surface area contributed by atoms with Gasteiger partial charge in [-0.15, -0.1) is 0 Å². The highest BCUT2D eigenvalue weighted by molar-refractivity contribution is 5.93. The lowest BCUT2D eigenvalue weighted by Crippen LogP contribution is -2.41. The molecule has 0 aromatic carbocycles. The van der Waals surface area contributed by atoms with Crippen LogP contribution in [-0.4, -0.2) is 40.0 Å². The van der Waals surface area contributed by atoms with Crippen molar-refractivity contribution in [2.75, 3.05) is 18.0 Å². The number of anilines is 1. The number of carbonyl (C=O) groups excluding carboxylic acids is 1. The molecule has 1 fully saturated rings. The Balaban J connectivity index is 2.32. The molecule has 0 radical (unpaired) electrons. The second kappa shape index (κ2) is 5.73. The van der Waals surface area contributed by atoms with Crippen LogP contribution in [0.4, 0.5) is 11.5 Å². The largest absolute Gasteiger partial charge is 0.477 e. The first-order chi connectivity index (χ1) is 9.90. The van der Waals surface area contributed by atoms with E-state index in [1.807, 2.05) is 0 Å². The molecular weight excluding hydrogens is 280 g/mol. The first kappa shape index (κ1) is 14.7. The van der Waals surface area contributed by atoms with E-state index in [9.17, 15) is 19.7 Å². The van der Waals surface area contributed by atoms with E-state index < -0.39 is 28.1 Å². The third-order valence-corrected chi connectivity index (χ3v) is 3.44. The molecule has 1 aromatic rings. The van der Waals surface area contributed by atoms with E-state index in [-0.39, 0.29) is 5.92 Å². The summed E-state index contributed by atoms with van der Waals surface area (Å²) in [6.45, 7) is 0.923. The van der Waals surface area contributed by atoms with Gasteiger partial charge in [-0.1, -0.05) is 0 Å². The number of carboxylic acids is 1. The van der Waals surface area contributed by atoms with Gasteiger partial charge in [-0.05, 0) is 12.8 Å². The van der Waals surface area contributed by atoms with Crippen molar-refractivity contribution in [1.82, 2.24) is 4.98 Å². The van der Waals surface area contributed by atoms with Gasteiger partial charge < -0.3 is 15.7 Å². The molecule has 1 unspecified atom stereocenters. The van der Waals surface area contributed by atoms with Crippen LogP contribution in [0.1, 0.15) is 23.2 Å². The number of carbonyl (C=O) groups is 2. The number of aromatic nitrogens is 1. The second-order valence-electron chi connectivity index (χ2n) is 4.81. The predicted molar refractivity (Wildman–Crippen MR) is 72.0 cm³/mol. The third-order valence-electron chi connectivity index (χ3n) is 3.44. The monoisotopic (exact) mass is 294 g/mol. The molecule has 1 aromatic heterocycles. The Labute approximate surface area is 119 Å². The van der Waals surface area contributed by atoms with E-state index in [2.05, 4.69) is 4.98 Å². The lowest BCUT2D eigenvalue weighted by atomic mass is 9.97. The van der Waals surface area contributed by atoms with Crippen LogP contribution in [0, 0.1) is 16.0 Å². The molecule has 0 saturated carbocycles.